The summed E-state index contributed by atoms with van der Waals surface area (Å²) in [4.78, 5) is 35.5. The number of tetrazole rings is 1. The van der Waals surface area contributed by atoms with E-state index in [1.165, 1.54) is 22.9 Å². The molecule has 3 N–H and O–H groups in total. The second-order valence-electron chi connectivity index (χ2n) is 10.1. The van der Waals surface area contributed by atoms with Gasteiger partial charge in [0.05, 0.1) is 36.2 Å². The van der Waals surface area contributed by atoms with E-state index >= 15 is 0 Å². The lowest BCUT2D eigenvalue weighted by Gasteiger charge is -2.16. The van der Waals surface area contributed by atoms with E-state index in [2.05, 4.69) is 41.2 Å². The van der Waals surface area contributed by atoms with Crippen LogP contribution in [0.15, 0.2) is 78.1 Å². The number of amides is 1. The van der Waals surface area contributed by atoms with Crippen LogP contribution in [0.2, 0.25) is 0 Å². The summed E-state index contributed by atoms with van der Waals surface area (Å²) in [5, 5.41) is 20.5. The minimum absolute atomic E-state index is 0.0448. The van der Waals surface area contributed by atoms with Crippen molar-refractivity contribution < 1.29 is 9.18 Å². The Kier molecular flexibility index (Phi) is 7.30. The number of benzene rings is 2. The molecule has 0 aliphatic rings. The lowest BCUT2D eigenvalue weighted by molar-refractivity contribution is -0.117. The average Bonchev–Trinajstić information content (AvgIpc) is 3.67. The van der Waals surface area contributed by atoms with Crippen LogP contribution in [0.3, 0.4) is 0 Å². The number of fused-ring (bicyclic) bond motifs is 1. The maximum atomic E-state index is 13.9. The molecule has 0 spiro atoms. The van der Waals surface area contributed by atoms with E-state index in [1.807, 2.05) is 48.0 Å². The van der Waals surface area contributed by atoms with Gasteiger partial charge in [-0.25, -0.2) is 9.37 Å². The van der Waals surface area contributed by atoms with E-state index in [0.717, 1.165) is 22.2 Å². The van der Waals surface area contributed by atoms with Crippen molar-refractivity contribution in [1.82, 2.24) is 45.0 Å². The average molecular weight is 579 g/mol. The van der Waals surface area contributed by atoms with Gasteiger partial charge in [0.25, 0.3) is 5.56 Å². The fourth-order valence-corrected chi connectivity index (χ4v) is 4.86. The monoisotopic (exact) mass is 578 g/mol. The van der Waals surface area contributed by atoms with Crippen LogP contribution >= 0.6 is 0 Å². The zero-order chi connectivity index (χ0) is 30.1. The number of aromatic nitrogens is 8. The van der Waals surface area contributed by atoms with Crippen molar-refractivity contribution in [2.24, 2.45) is 0 Å². The first-order chi connectivity index (χ1) is 20.8. The third-order valence-corrected chi connectivity index (χ3v) is 7.22. The van der Waals surface area contributed by atoms with Crippen LogP contribution in [0.4, 0.5) is 10.1 Å². The van der Waals surface area contributed by atoms with Crippen LogP contribution in [0, 0.1) is 12.7 Å². The fourth-order valence-electron chi connectivity index (χ4n) is 4.86. The number of H-pyrrole nitrogens is 1. The molecular weight excluding hydrogens is 551 g/mol. The summed E-state index contributed by atoms with van der Waals surface area (Å²) in [5.74, 6) is 0.0960. The van der Waals surface area contributed by atoms with E-state index in [-0.39, 0.29) is 24.0 Å². The van der Waals surface area contributed by atoms with Gasteiger partial charge >= 0.3 is 0 Å². The third kappa shape index (κ3) is 5.40. The van der Waals surface area contributed by atoms with E-state index < -0.39 is 11.6 Å². The normalized spacial score (nSPS) is 12.0. The highest BCUT2D eigenvalue weighted by Gasteiger charge is 2.18. The molecule has 0 fully saturated rings. The number of hydrogen-bond donors (Lipinski definition) is 3. The zero-order valence-electron chi connectivity index (χ0n) is 23.5. The number of carbonyl (C=O) groups is 1. The van der Waals surface area contributed by atoms with Gasteiger partial charge in [-0.2, -0.15) is 5.21 Å². The molecule has 1 atom stereocenters. The van der Waals surface area contributed by atoms with Crippen molar-refractivity contribution in [3.63, 3.8) is 0 Å². The number of hydrogen-bond acceptors (Lipinski definition) is 8. The molecule has 1 amide bonds. The molecular formula is C30H27FN10O2. The van der Waals surface area contributed by atoms with Crippen LogP contribution < -0.4 is 16.2 Å². The quantitative estimate of drug-likeness (QED) is 0.249. The number of carbonyl (C=O) groups excluding carboxylic acids is 1. The van der Waals surface area contributed by atoms with Crippen molar-refractivity contribution in [2.75, 3.05) is 12.4 Å². The number of aromatic amines is 1. The second kappa shape index (κ2) is 11.4. The molecule has 0 bridgehead atoms. The van der Waals surface area contributed by atoms with Gasteiger partial charge in [0.15, 0.2) is 0 Å². The molecule has 12 nitrogen and oxygen atoms in total. The maximum absolute atomic E-state index is 13.9. The summed E-state index contributed by atoms with van der Waals surface area (Å²) in [6.45, 7) is 3.72. The van der Waals surface area contributed by atoms with Crippen LogP contribution in [0.1, 0.15) is 18.1 Å². The Morgan fingerprint density at radius 1 is 1.09 bits per heavy atom. The van der Waals surface area contributed by atoms with E-state index in [0.29, 0.717) is 28.3 Å². The van der Waals surface area contributed by atoms with Crippen molar-refractivity contribution in [3.05, 3.63) is 101 Å². The third-order valence-electron chi connectivity index (χ3n) is 7.22. The standard InChI is InChI=1S/C30H27FN10O2/c1-17-15-40(26-8-7-22(31)11-24(17)26)23-9-19(12-33-13-23)16-41-28(21-6-4-5-20(10-21)27-36-38-39-37-27)34-14-25(30(41)43)35-29(42)18(2)32-3/h4-15,18,32H,16H2,1-3H3,(H,35,42)(H,36,37,38,39)/t18-/m0/s1. The van der Waals surface area contributed by atoms with Gasteiger partial charge in [-0.3, -0.25) is 19.1 Å². The maximum Gasteiger partial charge on any atom is 0.277 e. The molecule has 0 unspecified atom stereocenters. The molecule has 6 rings (SSSR count). The number of anilines is 1. The summed E-state index contributed by atoms with van der Waals surface area (Å²) in [5.41, 5.74) is 4.14. The smallest absolute Gasteiger partial charge is 0.277 e. The topological polar surface area (TPSA) is 148 Å². The molecule has 2 aromatic carbocycles. The first-order valence-electron chi connectivity index (χ1n) is 13.5. The molecule has 4 aromatic heterocycles. The molecule has 13 heteroatoms. The highest BCUT2D eigenvalue weighted by Crippen LogP contribution is 2.27. The van der Waals surface area contributed by atoms with Crippen molar-refractivity contribution in [3.8, 4) is 28.5 Å². The predicted octanol–water partition coefficient (Wildman–Crippen LogP) is 3.47. The van der Waals surface area contributed by atoms with Gasteiger partial charge in [-0.1, -0.05) is 18.2 Å². The summed E-state index contributed by atoms with van der Waals surface area (Å²) < 4.78 is 17.4. The molecule has 0 saturated heterocycles. The van der Waals surface area contributed by atoms with Gasteiger partial charge in [0.1, 0.15) is 17.3 Å². The van der Waals surface area contributed by atoms with E-state index in [4.69, 9.17) is 0 Å². The number of likely N-dealkylation sites (N-methyl/N-ethyl adjacent to an activating group) is 1. The second-order valence-corrected chi connectivity index (χ2v) is 10.1. The number of pyridine rings is 1. The Balaban J connectivity index is 1.44. The van der Waals surface area contributed by atoms with Gasteiger partial charge < -0.3 is 15.2 Å². The van der Waals surface area contributed by atoms with Crippen molar-refractivity contribution in [1.29, 1.82) is 0 Å². The molecule has 4 heterocycles. The van der Waals surface area contributed by atoms with Crippen LogP contribution in [-0.4, -0.2) is 58.7 Å². The number of halogens is 1. The minimum Gasteiger partial charge on any atom is -0.319 e. The minimum atomic E-state index is -0.520. The Morgan fingerprint density at radius 3 is 2.72 bits per heavy atom. The Labute approximate surface area is 244 Å². The summed E-state index contributed by atoms with van der Waals surface area (Å²) >= 11 is 0. The van der Waals surface area contributed by atoms with Crippen molar-refractivity contribution in [2.45, 2.75) is 26.4 Å². The Morgan fingerprint density at radius 2 is 1.93 bits per heavy atom. The summed E-state index contributed by atoms with van der Waals surface area (Å²) in [6, 6.07) is 13.3. The first-order valence-corrected chi connectivity index (χ1v) is 13.5. The van der Waals surface area contributed by atoms with Gasteiger partial charge in [0.2, 0.25) is 11.7 Å². The van der Waals surface area contributed by atoms with Gasteiger partial charge in [-0.05, 0) is 67.6 Å². The van der Waals surface area contributed by atoms with Gasteiger partial charge in [-0.15, -0.1) is 10.2 Å². The molecule has 6 aromatic rings. The molecule has 0 aliphatic carbocycles. The highest BCUT2D eigenvalue weighted by molar-refractivity contribution is 5.94. The number of rotatable bonds is 8. The Bertz CT molecular complexity index is 2020. The zero-order valence-corrected chi connectivity index (χ0v) is 23.5. The molecule has 0 saturated carbocycles. The summed E-state index contributed by atoms with van der Waals surface area (Å²) in [6.07, 6.45) is 6.66. The number of nitrogens with zero attached hydrogens (tertiary/aromatic N) is 7. The lowest BCUT2D eigenvalue weighted by atomic mass is 10.1. The van der Waals surface area contributed by atoms with Crippen LogP contribution in [0.5, 0.6) is 0 Å². The van der Waals surface area contributed by atoms with Crippen LogP contribution in [0.25, 0.3) is 39.4 Å². The summed E-state index contributed by atoms with van der Waals surface area (Å²) in [7, 11) is 1.66. The van der Waals surface area contributed by atoms with E-state index in [1.54, 1.807) is 32.4 Å². The Hall–Kier alpha value is -5.56. The largest absolute Gasteiger partial charge is 0.319 e. The van der Waals surface area contributed by atoms with Gasteiger partial charge in [0, 0.05) is 28.9 Å². The lowest BCUT2D eigenvalue weighted by Crippen LogP contribution is -2.38. The molecule has 0 aliphatic heterocycles. The number of nitrogens with one attached hydrogen (secondary N) is 3. The van der Waals surface area contributed by atoms with Crippen LogP contribution in [-0.2, 0) is 11.3 Å². The first kappa shape index (κ1) is 27.6. The molecule has 43 heavy (non-hydrogen) atoms. The number of aryl methyl sites for hydroxylation is 1. The molecule has 216 valence electrons. The predicted molar refractivity (Wildman–Crippen MR) is 159 cm³/mol. The van der Waals surface area contributed by atoms with E-state index in [9.17, 15) is 14.0 Å². The fraction of sp³-hybridized carbons (Fsp3) is 0.167. The molecule has 0 radical (unpaired) electrons. The SMILES string of the molecule is CN[C@@H](C)C(=O)Nc1cnc(-c2cccc(-c3nn[nH]n3)c2)n(Cc2cncc(-n3cc(C)c4cc(F)ccc43)c2)c1=O. The van der Waals surface area contributed by atoms with Crippen molar-refractivity contribution >= 4 is 22.5 Å². The highest BCUT2D eigenvalue weighted by atomic mass is 19.1.